The maximum atomic E-state index is 12.1. The Balaban J connectivity index is 1.67. The lowest BCUT2D eigenvalue weighted by Gasteiger charge is -2.21. The number of hydrogen-bond donors (Lipinski definition) is 2. The lowest BCUT2D eigenvalue weighted by atomic mass is 10.0. The number of nitrogens with zero attached hydrogens (tertiary/aromatic N) is 3. The van der Waals surface area contributed by atoms with E-state index in [1.54, 1.807) is 29.8 Å². The van der Waals surface area contributed by atoms with Crippen molar-refractivity contribution in [3.05, 3.63) is 34.1 Å². The second-order valence-corrected chi connectivity index (χ2v) is 6.13. The van der Waals surface area contributed by atoms with Gasteiger partial charge in [-0.25, -0.2) is 4.68 Å². The summed E-state index contributed by atoms with van der Waals surface area (Å²) >= 11 is 11.8. The van der Waals surface area contributed by atoms with Crippen molar-refractivity contribution in [2.45, 2.75) is 19.9 Å². The first-order chi connectivity index (χ1) is 10.9. The molecule has 1 atom stereocenters. The molecule has 0 fully saturated rings. The van der Waals surface area contributed by atoms with E-state index in [1.807, 2.05) is 0 Å². The van der Waals surface area contributed by atoms with Gasteiger partial charge in [0.2, 0.25) is 17.8 Å². The molecule has 1 aliphatic heterocycles. The molecule has 9 heteroatoms. The van der Waals surface area contributed by atoms with E-state index in [9.17, 15) is 9.59 Å². The van der Waals surface area contributed by atoms with E-state index in [1.165, 1.54) is 0 Å². The average Bonchev–Trinajstić information content (AvgIpc) is 2.76. The number of nitrogens with one attached hydrogen (secondary N) is 2. The van der Waals surface area contributed by atoms with Crippen LogP contribution in [-0.4, -0.2) is 26.6 Å². The van der Waals surface area contributed by atoms with Gasteiger partial charge in [0.05, 0.1) is 12.5 Å². The van der Waals surface area contributed by atoms with Gasteiger partial charge in [0.15, 0.2) is 0 Å². The molecule has 2 N–H and O–H groups in total. The minimum Gasteiger partial charge on any atom is -0.326 e. The third-order valence-corrected chi connectivity index (χ3v) is 3.79. The molecule has 1 aromatic carbocycles. The summed E-state index contributed by atoms with van der Waals surface area (Å²) in [5.41, 5.74) is 0.487. The third-order valence-electron chi connectivity index (χ3n) is 3.35. The van der Waals surface area contributed by atoms with Gasteiger partial charge < -0.3 is 5.32 Å². The SMILES string of the molecule is Cc1nc2n(n1)CC(CC(=O)Nc1cc(Cl)cc(Cl)c1)C(=O)N2. The van der Waals surface area contributed by atoms with Crippen molar-refractivity contribution in [2.24, 2.45) is 5.92 Å². The summed E-state index contributed by atoms with van der Waals surface area (Å²) in [6.45, 7) is 2.05. The first kappa shape index (κ1) is 15.8. The van der Waals surface area contributed by atoms with E-state index >= 15 is 0 Å². The zero-order valence-electron chi connectivity index (χ0n) is 12.1. The minimum absolute atomic E-state index is 0.0221. The Morgan fingerprint density at radius 1 is 1.39 bits per heavy atom. The summed E-state index contributed by atoms with van der Waals surface area (Å²) in [7, 11) is 0. The van der Waals surface area contributed by atoms with Crippen molar-refractivity contribution >= 4 is 46.7 Å². The van der Waals surface area contributed by atoms with Gasteiger partial charge in [-0.3, -0.25) is 14.9 Å². The molecule has 2 amide bonds. The van der Waals surface area contributed by atoms with Gasteiger partial charge >= 0.3 is 0 Å². The number of amides is 2. The number of aryl methyl sites for hydroxylation is 1. The van der Waals surface area contributed by atoms with E-state index in [0.29, 0.717) is 34.1 Å². The number of carbonyl (C=O) groups is 2. The Bertz CT molecular complexity index is 769. The highest BCUT2D eigenvalue weighted by Gasteiger charge is 2.29. The zero-order valence-corrected chi connectivity index (χ0v) is 13.6. The number of rotatable bonds is 3. The van der Waals surface area contributed by atoms with Crippen molar-refractivity contribution in [3.8, 4) is 0 Å². The topological polar surface area (TPSA) is 88.9 Å². The van der Waals surface area contributed by atoms with Crippen LogP contribution in [0.5, 0.6) is 0 Å². The van der Waals surface area contributed by atoms with Gasteiger partial charge in [-0.1, -0.05) is 23.2 Å². The highest BCUT2D eigenvalue weighted by Crippen LogP contribution is 2.24. The van der Waals surface area contributed by atoms with Crippen LogP contribution in [0.1, 0.15) is 12.2 Å². The number of aromatic nitrogens is 3. The standard InChI is InChI=1S/C14H13Cl2N5O2/c1-7-17-14-19-13(23)8(6-21(14)20-7)2-12(22)18-11-4-9(15)3-10(16)5-11/h3-5,8H,2,6H2,1H3,(H,18,22)(H,17,19,20,23). The molecule has 2 heterocycles. The molecule has 0 aliphatic carbocycles. The van der Waals surface area contributed by atoms with Crippen LogP contribution in [0.25, 0.3) is 0 Å². The molecule has 1 unspecified atom stereocenters. The van der Waals surface area contributed by atoms with Crippen molar-refractivity contribution < 1.29 is 9.59 Å². The Kier molecular flexibility index (Phi) is 4.23. The summed E-state index contributed by atoms with van der Waals surface area (Å²) in [4.78, 5) is 28.3. The largest absolute Gasteiger partial charge is 0.326 e. The molecule has 1 aromatic heterocycles. The van der Waals surface area contributed by atoms with Crippen LogP contribution in [0, 0.1) is 12.8 Å². The van der Waals surface area contributed by atoms with Crippen LogP contribution < -0.4 is 10.6 Å². The summed E-state index contributed by atoms with van der Waals surface area (Å²) in [5, 5.41) is 10.4. The smallest absolute Gasteiger partial charge is 0.232 e. The molecule has 2 aromatic rings. The number of fused-ring (bicyclic) bond motifs is 1. The fourth-order valence-electron chi connectivity index (χ4n) is 2.40. The van der Waals surface area contributed by atoms with Crippen molar-refractivity contribution in [3.63, 3.8) is 0 Å². The molecule has 0 radical (unpaired) electrons. The van der Waals surface area contributed by atoms with Gasteiger partial charge in [0.25, 0.3) is 0 Å². The lowest BCUT2D eigenvalue weighted by Crippen LogP contribution is -2.36. The minimum atomic E-state index is -0.516. The van der Waals surface area contributed by atoms with Crippen molar-refractivity contribution in [1.82, 2.24) is 14.8 Å². The van der Waals surface area contributed by atoms with E-state index in [-0.39, 0.29) is 18.2 Å². The molecule has 0 bridgehead atoms. The Hall–Kier alpha value is -2.12. The predicted octanol–water partition coefficient (Wildman–Crippen LogP) is 2.49. The molecule has 3 rings (SSSR count). The monoisotopic (exact) mass is 353 g/mol. The van der Waals surface area contributed by atoms with Gasteiger partial charge in [-0.15, -0.1) is 0 Å². The molecule has 120 valence electrons. The lowest BCUT2D eigenvalue weighted by molar-refractivity contribution is -0.125. The Morgan fingerprint density at radius 3 is 2.78 bits per heavy atom. The summed E-state index contributed by atoms with van der Waals surface area (Å²) in [6.07, 6.45) is 0.0221. The fraction of sp³-hybridized carbons (Fsp3) is 0.286. The van der Waals surface area contributed by atoms with E-state index in [2.05, 4.69) is 20.7 Å². The average molecular weight is 354 g/mol. The van der Waals surface area contributed by atoms with Crippen LogP contribution in [0.4, 0.5) is 11.6 Å². The molecule has 0 saturated heterocycles. The second-order valence-electron chi connectivity index (χ2n) is 5.26. The summed E-state index contributed by atoms with van der Waals surface area (Å²) in [6, 6.07) is 4.75. The first-order valence-electron chi connectivity index (χ1n) is 6.89. The number of halogens is 2. The molecular formula is C14H13Cl2N5O2. The van der Waals surface area contributed by atoms with Crippen LogP contribution >= 0.6 is 23.2 Å². The predicted molar refractivity (Wildman–Crippen MR) is 86.6 cm³/mol. The molecular weight excluding hydrogens is 341 g/mol. The van der Waals surface area contributed by atoms with Gasteiger partial charge in [0, 0.05) is 22.2 Å². The fourth-order valence-corrected chi connectivity index (χ4v) is 2.92. The van der Waals surface area contributed by atoms with Gasteiger partial charge in [-0.05, 0) is 25.1 Å². The summed E-state index contributed by atoms with van der Waals surface area (Å²) in [5.74, 6) is -0.0871. The highest BCUT2D eigenvalue weighted by molar-refractivity contribution is 6.35. The van der Waals surface area contributed by atoms with Crippen LogP contribution in [0.3, 0.4) is 0 Å². The molecule has 7 nitrogen and oxygen atoms in total. The number of benzene rings is 1. The summed E-state index contributed by atoms with van der Waals surface area (Å²) < 4.78 is 1.59. The van der Waals surface area contributed by atoms with E-state index in [0.717, 1.165) is 0 Å². The van der Waals surface area contributed by atoms with Gasteiger partial charge in [0.1, 0.15) is 5.82 Å². The zero-order chi connectivity index (χ0) is 16.6. The number of anilines is 2. The third kappa shape index (κ3) is 3.62. The first-order valence-corrected chi connectivity index (χ1v) is 7.64. The Morgan fingerprint density at radius 2 is 2.09 bits per heavy atom. The molecule has 0 spiro atoms. The maximum Gasteiger partial charge on any atom is 0.232 e. The van der Waals surface area contributed by atoms with Crippen LogP contribution in [-0.2, 0) is 16.1 Å². The van der Waals surface area contributed by atoms with Crippen molar-refractivity contribution in [2.75, 3.05) is 10.6 Å². The quantitative estimate of drug-likeness (QED) is 0.886. The van der Waals surface area contributed by atoms with Crippen LogP contribution in [0.2, 0.25) is 10.0 Å². The number of hydrogen-bond acceptors (Lipinski definition) is 4. The number of carbonyl (C=O) groups excluding carboxylic acids is 2. The van der Waals surface area contributed by atoms with E-state index < -0.39 is 5.92 Å². The van der Waals surface area contributed by atoms with Gasteiger partial charge in [-0.2, -0.15) is 10.1 Å². The second kappa shape index (κ2) is 6.17. The molecule has 23 heavy (non-hydrogen) atoms. The Labute approximate surface area is 142 Å². The molecule has 1 aliphatic rings. The maximum absolute atomic E-state index is 12.1. The van der Waals surface area contributed by atoms with E-state index in [4.69, 9.17) is 23.2 Å². The van der Waals surface area contributed by atoms with Crippen LogP contribution in [0.15, 0.2) is 18.2 Å². The van der Waals surface area contributed by atoms with Crippen molar-refractivity contribution in [1.29, 1.82) is 0 Å². The normalized spacial score (nSPS) is 16.7. The highest BCUT2D eigenvalue weighted by atomic mass is 35.5. The molecule has 0 saturated carbocycles.